The molecule has 0 unspecified atom stereocenters. The molecule has 1 aromatic carbocycles. The number of hydrogen-bond donors (Lipinski definition) is 1. The minimum Gasteiger partial charge on any atom is -0.496 e. The lowest BCUT2D eigenvalue weighted by Gasteiger charge is -2.21. The molecule has 0 atom stereocenters. The van der Waals surface area contributed by atoms with Gasteiger partial charge in [0.2, 0.25) is 0 Å². The van der Waals surface area contributed by atoms with Crippen LogP contribution < -0.4 is 10.1 Å². The second-order valence-corrected chi connectivity index (χ2v) is 3.47. The molecule has 0 spiro atoms. The van der Waals surface area contributed by atoms with Gasteiger partial charge in [-0.25, -0.2) is 0 Å². The average Bonchev–Trinajstić information content (AvgIpc) is 2.54. The molecule has 1 aliphatic rings. The topological polar surface area (TPSA) is 21.3 Å². The number of hydrogen-bond acceptors (Lipinski definition) is 2. The summed E-state index contributed by atoms with van der Waals surface area (Å²) < 4.78 is 5.34. The lowest BCUT2D eigenvalue weighted by atomic mass is 9.96. The maximum Gasteiger partial charge on any atom is 0.122 e. The molecule has 0 amide bonds. The number of nitrogens with one attached hydrogen (secondary N) is 1. The number of aryl methyl sites for hydroxylation is 1. The smallest absolute Gasteiger partial charge is 0.122 e. The van der Waals surface area contributed by atoms with Gasteiger partial charge in [0.05, 0.1) is 7.11 Å². The summed E-state index contributed by atoms with van der Waals surface area (Å²) in [5.41, 5.74) is 4.18. The minimum atomic E-state index is 0.984. The van der Waals surface area contributed by atoms with Crippen LogP contribution in [0.1, 0.15) is 58.2 Å². The minimum absolute atomic E-state index is 0.984. The number of methoxy groups -OCH3 is 1. The molecule has 2 heteroatoms. The first-order chi connectivity index (χ1) is 9.33. The van der Waals surface area contributed by atoms with Gasteiger partial charge in [0.25, 0.3) is 0 Å². The maximum atomic E-state index is 5.34. The van der Waals surface area contributed by atoms with E-state index in [-0.39, 0.29) is 0 Å². The van der Waals surface area contributed by atoms with E-state index in [1.165, 1.54) is 16.7 Å². The van der Waals surface area contributed by atoms with Crippen molar-refractivity contribution in [2.45, 2.75) is 61.4 Å². The van der Waals surface area contributed by atoms with Crippen molar-refractivity contribution in [3.05, 3.63) is 28.8 Å². The van der Waals surface area contributed by atoms with Gasteiger partial charge in [0, 0.05) is 12.1 Å². The van der Waals surface area contributed by atoms with E-state index < -0.39 is 0 Å². The highest BCUT2D eigenvalue weighted by atomic mass is 16.5. The Labute approximate surface area is 120 Å². The van der Waals surface area contributed by atoms with Crippen LogP contribution in [-0.4, -0.2) is 13.7 Å². The van der Waals surface area contributed by atoms with E-state index in [4.69, 9.17) is 4.74 Å². The van der Waals surface area contributed by atoms with Crippen LogP contribution in [0.25, 0.3) is 0 Å². The van der Waals surface area contributed by atoms with E-state index in [9.17, 15) is 0 Å². The van der Waals surface area contributed by atoms with E-state index >= 15 is 0 Å². The van der Waals surface area contributed by atoms with Gasteiger partial charge < -0.3 is 10.1 Å². The van der Waals surface area contributed by atoms with Gasteiger partial charge >= 0.3 is 0 Å². The van der Waals surface area contributed by atoms with E-state index in [0.29, 0.717) is 0 Å². The van der Waals surface area contributed by atoms with Crippen LogP contribution in [0.2, 0.25) is 0 Å². The molecule has 0 aliphatic carbocycles. The van der Waals surface area contributed by atoms with Crippen LogP contribution in [0.5, 0.6) is 5.75 Å². The van der Waals surface area contributed by atoms with Crippen molar-refractivity contribution < 1.29 is 4.74 Å². The summed E-state index contributed by atoms with van der Waals surface area (Å²) in [5.74, 6) is 1.04. The highest BCUT2D eigenvalue weighted by Gasteiger charge is 2.14. The van der Waals surface area contributed by atoms with E-state index in [2.05, 4.69) is 24.4 Å². The molecule has 0 radical (unpaired) electrons. The van der Waals surface area contributed by atoms with Gasteiger partial charge in [-0.3, -0.25) is 0 Å². The molecule has 0 aromatic heterocycles. The zero-order valence-electron chi connectivity index (χ0n) is 14.2. The summed E-state index contributed by atoms with van der Waals surface area (Å²) in [5, 5.41) is 3.38. The fourth-order valence-corrected chi connectivity index (χ4v) is 1.93. The van der Waals surface area contributed by atoms with Crippen molar-refractivity contribution in [1.29, 1.82) is 0 Å². The van der Waals surface area contributed by atoms with Gasteiger partial charge in [0.1, 0.15) is 5.75 Å². The normalized spacial score (nSPS) is 11.4. The van der Waals surface area contributed by atoms with Crippen molar-refractivity contribution in [2.24, 2.45) is 0 Å². The van der Waals surface area contributed by atoms with E-state index in [0.717, 1.165) is 25.3 Å². The van der Waals surface area contributed by atoms with Crippen molar-refractivity contribution in [3.63, 3.8) is 0 Å². The Kier molecular flexibility index (Phi) is 14.3. The van der Waals surface area contributed by atoms with Crippen LogP contribution in [0, 0.1) is 6.92 Å². The van der Waals surface area contributed by atoms with Crippen molar-refractivity contribution in [2.75, 3.05) is 13.7 Å². The van der Waals surface area contributed by atoms with E-state index in [1.807, 2.05) is 41.5 Å². The third-order valence-corrected chi connectivity index (χ3v) is 2.70. The molecular formula is C17H33NO. The lowest BCUT2D eigenvalue weighted by molar-refractivity contribution is 0.405. The van der Waals surface area contributed by atoms with Crippen LogP contribution in [0.15, 0.2) is 12.1 Å². The molecule has 0 saturated carbocycles. The van der Waals surface area contributed by atoms with Crippen LogP contribution in [-0.2, 0) is 13.0 Å². The largest absolute Gasteiger partial charge is 0.496 e. The summed E-state index contributed by atoms with van der Waals surface area (Å²) in [4.78, 5) is 0. The Bertz CT molecular complexity index is 321. The first-order valence-electron chi connectivity index (χ1n) is 7.69. The standard InChI is InChI=1S/C11H15NO.3C2H6/c1-8-3-4-11(13-2)9-5-6-12-7-10(8)9;3*1-2/h3-4,12H,5-7H2,1-2H3;3*1-2H3. The van der Waals surface area contributed by atoms with Crippen LogP contribution in [0.3, 0.4) is 0 Å². The number of benzene rings is 1. The molecule has 0 bridgehead atoms. The van der Waals surface area contributed by atoms with Gasteiger partial charge in [-0.1, -0.05) is 47.6 Å². The fourth-order valence-electron chi connectivity index (χ4n) is 1.93. The van der Waals surface area contributed by atoms with Gasteiger partial charge in [-0.05, 0) is 37.1 Å². The highest BCUT2D eigenvalue weighted by Crippen LogP contribution is 2.27. The zero-order chi connectivity index (χ0) is 15.3. The molecule has 0 fully saturated rings. The summed E-state index contributed by atoms with van der Waals surface area (Å²) in [7, 11) is 1.74. The van der Waals surface area contributed by atoms with Crippen LogP contribution in [0.4, 0.5) is 0 Å². The first kappa shape index (κ1) is 20.3. The molecule has 0 saturated heterocycles. The lowest BCUT2D eigenvalue weighted by Crippen LogP contribution is -2.24. The predicted octanol–water partition coefficient (Wildman–Crippen LogP) is 4.73. The summed E-state index contributed by atoms with van der Waals surface area (Å²) in [6.45, 7) is 16.2. The maximum absolute atomic E-state index is 5.34. The molecule has 112 valence electrons. The molecular weight excluding hydrogens is 234 g/mol. The molecule has 19 heavy (non-hydrogen) atoms. The monoisotopic (exact) mass is 267 g/mol. The third-order valence-electron chi connectivity index (χ3n) is 2.70. The second kappa shape index (κ2) is 13.4. The highest BCUT2D eigenvalue weighted by molar-refractivity contribution is 5.45. The Balaban J connectivity index is 0. The first-order valence-corrected chi connectivity index (χ1v) is 7.69. The zero-order valence-corrected chi connectivity index (χ0v) is 14.2. The van der Waals surface area contributed by atoms with Crippen molar-refractivity contribution in [1.82, 2.24) is 5.32 Å². The van der Waals surface area contributed by atoms with Gasteiger partial charge in [-0.15, -0.1) is 0 Å². The third kappa shape index (κ3) is 6.11. The fraction of sp³-hybridized carbons (Fsp3) is 0.647. The SMILES string of the molecule is CC.CC.CC.COc1ccc(C)c2c1CCNC2. The van der Waals surface area contributed by atoms with Gasteiger partial charge in [-0.2, -0.15) is 0 Å². The number of fused-ring (bicyclic) bond motifs is 1. The summed E-state index contributed by atoms with van der Waals surface area (Å²) in [6, 6.07) is 4.20. The average molecular weight is 267 g/mol. The molecule has 1 aromatic rings. The Morgan fingerprint density at radius 1 is 0.947 bits per heavy atom. The van der Waals surface area contributed by atoms with Gasteiger partial charge in [0.15, 0.2) is 0 Å². The summed E-state index contributed by atoms with van der Waals surface area (Å²) >= 11 is 0. The predicted molar refractivity (Wildman–Crippen MR) is 87.2 cm³/mol. The Morgan fingerprint density at radius 3 is 2.05 bits per heavy atom. The quantitative estimate of drug-likeness (QED) is 0.794. The van der Waals surface area contributed by atoms with E-state index in [1.54, 1.807) is 7.11 Å². The number of ether oxygens (including phenoxy) is 1. The summed E-state index contributed by atoms with van der Waals surface area (Å²) in [6.07, 6.45) is 1.08. The van der Waals surface area contributed by atoms with Crippen molar-refractivity contribution >= 4 is 0 Å². The Hall–Kier alpha value is -1.02. The molecule has 2 rings (SSSR count). The molecule has 1 heterocycles. The number of rotatable bonds is 1. The molecule has 1 N–H and O–H groups in total. The molecule has 2 nitrogen and oxygen atoms in total. The Morgan fingerprint density at radius 2 is 1.53 bits per heavy atom. The second-order valence-electron chi connectivity index (χ2n) is 3.47. The van der Waals surface area contributed by atoms with Crippen LogP contribution >= 0.6 is 0 Å². The molecule has 1 aliphatic heterocycles. The van der Waals surface area contributed by atoms with Crippen molar-refractivity contribution in [3.8, 4) is 5.75 Å².